The fraction of sp³-hybridized carbons (Fsp3) is 0.562. The number of piperidine rings is 1. The fourth-order valence-electron chi connectivity index (χ4n) is 3.69. The summed E-state index contributed by atoms with van der Waals surface area (Å²) in [6, 6.07) is 7.28. The summed E-state index contributed by atoms with van der Waals surface area (Å²) in [4.78, 5) is 11.4. The molecule has 0 bridgehead atoms. The smallest absolute Gasteiger partial charge is 0.337 e. The van der Waals surface area contributed by atoms with E-state index in [0.717, 1.165) is 24.9 Å². The van der Waals surface area contributed by atoms with Crippen molar-refractivity contribution in [3.63, 3.8) is 0 Å². The summed E-state index contributed by atoms with van der Waals surface area (Å²) in [7, 11) is 1.35. The highest BCUT2D eigenvalue weighted by Gasteiger charge is 2.57. The van der Waals surface area contributed by atoms with Crippen LogP contribution in [0.25, 0.3) is 0 Å². The molecule has 3 nitrogen and oxygen atoms in total. The van der Waals surface area contributed by atoms with Gasteiger partial charge in [0.1, 0.15) is 0 Å². The summed E-state index contributed by atoms with van der Waals surface area (Å²) >= 11 is 0. The van der Waals surface area contributed by atoms with Crippen LogP contribution in [-0.4, -0.2) is 25.5 Å². The zero-order valence-corrected chi connectivity index (χ0v) is 12.0. The maximum absolute atomic E-state index is 13.2. The van der Waals surface area contributed by atoms with E-state index in [-0.39, 0.29) is 30.3 Å². The van der Waals surface area contributed by atoms with E-state index in [9.17, 15) is 13.6 Å². The van der Waals surface area contributed by atoms with Gasteiger partial charge in [0.25, 0.3) is 0 Å². The standard InChI is InChI=1S/C16H19F2NO2/c1-21-14(20)12-4-2-11(3-5-12)13-8-15(6-7-19-13)9-16(17,18)10-15/h2-5,13,19H,6-10H2,1H3/t13-/m0/s1. The number of alkyl halides is 2. The van der Waals surface area contributed by atoms with E-state index in [1.165, 1.54) is 7.11 Å². The average molecular weight is 295 g/mol. The number of halogens is 2. The molecule has 5 heteroatoms. The Kier molecular flexibility index (Phi) is 3.48. The van der Waals surface area contributed by atoms with Crippen LogP contribution >= 0.6 is 0 Å². The monoisotopic (exact) mass is 295 g/mol. The van der Waals surface area contributed by atoms with Gasteiger partial charge in [0, 0.05) is 18.9 Å². The molecule has 1 N–H and O–H groups in total. The zero-order valence-electron chi connectivity index (χ0n) is 12.0. The molecule has 0 unspecified atom stereocenters. The lowest BCUT2D eigenvalue weighted by Crippen LogP contribution is -2.52. The molecule has 2 aliphatic rings. The highest BCUT2D eigenvalue weighted by Crippen LogP contribution is 2.58. The van der Waals surface area contributed by atoms with Crippen molar-refractivity contribution in [1.29, 1.82) is 0 Å². The second-order valence-electron chi connectivity index (χ2n) is 6.28. The first kappa shape index (κ1) is 14.4. The van der Waals surface area contributed by atoms with Crippen molar-refractivity contribution in [2.45, 2.75) is 37.6 Å². The number of benzene rings is 1. The molecule has 3 rings (SSSR count). The van der Waals surface area contributed by atoms with Crippen molar-refractivity contribution >= 4 is 5.97 Å². The topological polar surface area (TPSA) is 38.3 Å². The van der Waals surface area contributed by atoms with Gasteiger partial charge in [-0.15, -0.1) is 0 Å². The van der Waals surface area contributed by atoms with Gasteiger partial charge in [-0.25, -0.2) is 13.6 Å². The van der Waals surface area contributed by atoms with Crippen LogP contribution in [0.15, 0.2) is 24.3 Å². The van der Waals surface area contributed by atoms with Gasteiger partial charge in [-0.2, -0.15) is 0 Å². The first-order valence-corrected chi connectivity index (χ1v) is 7.23. The highest BCUT2D eigenvalue weighted by atomic mass is 19.3. The quantitative estimate of drug-likeness (QED) is 0.851. The molecule has 0 radical (unpaired) electrons. The number of esters is 1. The van der Waals surface area contributed by atoms with Gasteiger partial charge in [0.05, 0.1) is 12.7 Å². The molecule has 1 spiro atoms. The summed E-state index contributed by atoms with van der Waals surface area (Å²) in [5.74, 6) is -2.84. The lowest BCUT2D eigenvalue weighted by Gasteiger charge is -2.52. The van der Waals surface area contributed by atoms with Crippen LogP contribution < -0.4 is 5.32 Å². The van der Waals surface area contributed by atoms with Gasteiger partial charge in [0.15, 0.2) is 0 Å². The first-order valence-electron chi connectivity index (χ1n) is 7.23. The predicted octanol–water partition coefficient (Wildman–Crippen LogP) is 3.31. The van der Waals surface area contributed by atoms with Gasteiger partial charge in [-0.3, -0.25) is 0 Å². The fourth-order valence-corrected chi connectivity index (χ4v) is 3.69. The molecule has 21 heavy (non-hydrogen) atoms. The minimum absolute atomic E-state index is 0.0123. The number of ether oxygens (including phenoxy) is 1. The summed E-state index contributed by atoms with van der Waals surface area (Å²) in [6.45, 7) is 0.763. The van der Waals surface area contributed by atoms with Crippen LogP contribution in [0.5, 0.6) is 0 Å². The molecule has 1 aliphatic carbocycles. The van der Waals surface area contributed by atoms with Crippen LogP contribution in [-0.2, 0) is 4.74 Å². The Hall–Kier alpha value is -1.49. The van der Waals surface area contributed by atoms with E-state index >= 15 is 0 Å². The number of hydrogen-bond donors (Lipinski definition) is 1. The van der Waals surface area contributed by atoms with Gasteiger partial charge >= 0.3 is 5.97 Å². The summed E-state index contributed by atoms with van der Waals surface area (Å²) in [6.07, 6.45) is 1.58. The SMILES string of the molecule is COC(=O)c1ccc([C@@H]2CC3(CCN2)CC(F)(F)C3)cc1. The Morgan fingerprint density at radius 3 is 2.52 bits per heavy atom. The summed E-state index contributed by atoms with van der Waals surface area (Å²) in [5.41, 5.74) is 1.33. The third-order valence-corrected chi connectivity index (χ3v) is 4.68. The molecule has 1 aromatic carbocycles. The number of carbonyl (C=O) groups is 1. The second-order valence-corrected chi connectivity index (χ2v) is 6.28. The van der Waals surface area contributed by atoms with E-state index < -0.39 is 5.92 Å². The number of hydrogen-bond acceptors (Lipinski definition) is 3. The normalized spacial score (nSPS) is 26.1. The lowest BCUT2D eigenvalue weighted by molar-refractivity contribution is -0.174. The molecule has 1 saturated heterocycles. The summed E-state index contributed by atoms with van der Waals surface area (Å²) < 4.78 is 31.1. The molecule has 0 amide bonds. The molecule has 1 saturated carbocycles. The molecular weight excluding hydrogens is 276 g/mol. The van der Waals surface area contributed by atoms with Crippen LogP contribution in [0.3, 0.4) is 0 Å². The molecule has 0 aromatic heterocycles. The first-order chi connectivity index (χ1) is 9.93. The van der Waals surface area contributed by atoms with Gasteiger partial charge in [0.2, 0.25) is 5.92 Å². The number of carbonyl (C=O) groups excluding carboxylic acids is 1. The maximum atomic E-state index is 13.2. The van der Waals surface area contributed by atoms with Gasteiger partial charge in [-0.1, -0.05) is 12.1 Å². The van der Waals surface area contributed by atoms with Crippen molar-refractivity contribution < 1.29 is 18.3 Å². The van der Waals surface area contributed by atoms with Crippen LogP contribution in [0.2, 0.25) is 0 Å². The average Bonchev–Trinajstić information content (AvgIpc) is 2.44. The zero-order chi connectivity index (χ0) is 15.1. The lowest BCUT2D eigenvalue weighted by atomic mass is 9.59. The Morgan fingerprint density at radius 2 is 1.95 bits per heavy atom. The molecular formula is C16H19F2NO2. The Labute approximate surface area is 122 Å². The predicted molar refractivity (Wildman–Crippen MR) is 74.4 cm³/mol. The number of nitrogens with one attached hydrogen (secondary N) is 1. The Balaban J connectivity index is 1.71. The van der Waals surface area contributed by atoms with E-state index in [0.29, 0.717) is 5.56 Å². The Morgan fingerprint density at radius 1 is 1.29 bits per heavy atom. The number of rotatable bonds is 2. The Bertz CT molecular complexity index is 534. The maximum Gasteiger partial charge on any atom is 0.337 e. The van der Waals surface area contributed by atoms with E-state index in [1.54, 1.807) is 12.1 Å². The van der Waals surface area contributed by atoms with Crippen molar-refractivity contribution in [2.24, 2.45) is 5.41 Å². The number of methoxy groups -OCH3 is 1. The van der Waals surface area contributed by atoms with Gasteiger partial charge < -0.3 is 10.1 Å². The van der Waals surface area contributed by atoms with Crippen molar-refractivity contribution in [1.82, 2.24) is 5.32 Å². The molecule has 2 fully saturated rings. The van der Waals surface area contributed by atoms with Gasteiger partial charge in [-0.05, 0) is 42.5 Å². The second kappa shape index (κ2) is 5.05. The molecule has 1 atom stereocenters. The highest BCUT2D eigenvalue weighted by molar-refractivity contribution is 5.89. The largest absolute Gasteiger partial charge is 0.465 e. The third kappa shape index (κ3) is 2.79. The van der Waals surface area contributed by atoms with E-state index in [1.807, 2.05) is 12.1 Å². The molecule has 1 heterocycles. The van der Waals surface area contributed by atoms with Crippen molar-refractivity contribution in [3.05, 3.63) is 35.4 Å². The van der Waals surface area contributed by atoms with Crippen molar-refractivity contribution in [2.75, 3.05) is 13.7 Å². The molecule has 1 aliphatic heterocycles. The third-order valence-electron chi connectivity index (χ3n) is 4.68. The molecule has 1 aromatic rings. The van der Waals surface area contributed by atoms with Crippen LogP contribution in [0.4, 0.5) is 8.78 Å². The van der Waals surface area contributed by atoms with E-state index in [2.05, 4.69) is 10.1 Å². The minimum atomic E-state index is -2.48. The summed E-state index contributed by atoms with van der Waals surface area (Å²) in [5, 5.41) is 3.39. The van der Waals surface area contributed by atoms with Crippen molar-refractivity contribution in [3.8, 4) is 0 Å². The van der Waals surface area contributed by atoms with E-state index in [4.69, 9.17) is 0 Å². The minimum Gasteiger partial charge on any atom is -0.465 e. The molecule has 114 valence electrons. The van der Waals surface area contributed by atoms with Crippen LogP contribution in [0.1, 0.15) is 47.6 Å². The van der Waals surface area contributed by atoms with Crippen LogP contribution in [0, 0.1) is 5.41 Å².